The second kappa shape index (κ2) is 10.9. The van der Waals surface area contributed by atoms with E-state index < -0.39 is 17.7 Å². The Balaban J connectivity index is 1.49. The Hall–Kier alpha value is -3.12. The minimum absolute atomic E-state index is 0.0502. The van der Waals surface area contributed by atoms with E-state index in [2.05, 4.69) is 18.0 Å². The molecule has 3 atom stereocenters. The van der Waals surface area contributed by atoms with Crippen LogP contribution in [0.5, 0.6) is 0 Å². The second-order valence-electron chi connectivity index (χ2n) is 11.8. The number of hydrogen-bond acceptors (Lipinski definition) is 6. The third-order valence-electron chi connectivity index (χ3n) is 8.12. The van der Waals surface area contributed by atoms with Crippen molar-refractivity contribution in [3.63, 3.8) is 0 Å². The number of ether oxygens (including phenoxy) is 1. The van der Waals surface area contributed by atoms with Gasteiger partial charge in [0.25, 0.3) is 0 Å². The van der Waals surface area contributed by atoms with Crippen LogP contribution in [-0.4, -0.2) is 77.1 Å². The summed E-state index contributed by atoms with van der Waals surface area (Å²) in [5.41, 5.74) is 0.588. The molecule has 2 aliphatic heterocycles. The quantitative estimate of drug-likeness (QED) is 0.549. The molecule has 1 saturated carbocycles. The lowest BCUT2D eigenvalue weighted by Crippen LogP contribution is -2.55. The first kappa shape index (κ1) is 27.9. The first-order valence-corrected chi connectivity index (χ1v) is 13.6. The van der Waals surface area contributed by atoms with Crippen LogP contribution in [-0.2, 0) is 15.1 Å². The van der Waals surface area contributed by atoms with Gasteiger partial charge in [0.1, 0.15) is 17.5 Å². The summed E-state index contributed by atoms with van der Waals surface area (Å²) in [5, 5.41) is 12.6. The van der Waals surface area contributed by atoms with Gasteiger partial charge in [0.2, 0.25) is 5.91 Å². The molecule has 3 fully saturated rings. The number of alkyl carbamates (subject to hydrolysis) is 1. The molecule has 1 aromatic carbocycles. The number of carbonyl (C=O) groups is 2. The molecule has 9 heteroatoms. The maximum atomic E-state index is 13.8. The first-order valence-electron chi connectivity index (χ1n) is 13.6. The Morgan fingerprint density at radius 1 is 1.26 bits per heavy atom. The Kier molecular flexibility index (Phi) is 8.03. The van der Waals surface area contributed by atoms with Gasteiger partial charge in [-0.15, -0.1) is 0 Å². The van der Waals surface area contributed by atoms with Crippen LogP contribution in [0.15, 0.2) is 36.5 Å². The van der Waals surface area contributed by atoms with Gasteiger partial charge in [-0.3, -0.25) is 9.69 Å². The van der Waals surface area contributed by atoms with E-state index in [0.29, 0.717) is 31.8 Å². The Labute approximate surface area is 225 Å². The molecule has 38 heavy (non-hydrogen) atoms. The molecular formula is C29H40FN5O3. The van der Waals surface area contributed by atoms with Crippen LogP contribution in [0.1, 0.15) is 64.9 Å². The average Bonchev–Trinajstić information content (AvgIpc) is 3.44. The fourth-order valence-electron chi connectivity index (χ4n) is 6.03. The van der Waals surface area contributed by atoms with E-state index in [0.717, 1.165) is 37.7 Å². The zero-order valence-electron chi connectivity index (χ0n) is 23.0. The number of nitriles is 1. The summed E-state index contributed by atoms with van der Waals surface area (Å²) in [6.07, 6.45) is 4.50. The molecule has 8 nitrogen and oxygen atoms in total. The summed E-state index contributed by atoms with van der Waals surface area (Å²) in [4.78, 5) is 32.4. The lowest BCUT2D eigenvalue weighted by atomic mass is 9.70. The van der Waals surface area contributed by atoms with Crippen LogP contribution < -0.4 is 5.32 Å². The zero-order valence-corrected chi connectivity index (χ0v) is 23.0. The predicted molar refractivity (Wildman–Crippen MR) is 142 cm³/mol. The number of likely N-dealkylation sites (N-methyl/N-ethyl adjacent to an activating group) is 1. The fraction of sp³-hybridized carbons (Fsp3) is 0.621. The number of amides is 2. The number of benzene rings is 1. The molecule has 0 bridgehead atoms. The minimum atomic E-state index is -0.663. The summed E-state index contributed by atoms with van der Waals surface area (Å²) in [6, 6.07) is 7.69. The monoisotopic (exact) mass is 525 g/mol. The Morgan fingerprint density at radius 3 is 2.53 bits per heavy atom. The largest absolute Gasteiger partial charge is 0.444 e. The molecule has 3 aliphatic rings. The summed E-state index contributed by atoms with van der Waals surface area (Å²) in [7, 11) is 1.89. The van der Waals surface area contributed by atoms with Crippen LogP contribution in [0.25, 0.3) is 0 Å². The normalized spacial score (nSPS) is 23.7. The van der Waals surface area contributed by atoms with E-state index in [4.69, 9.17) is 4.74 Å². The van der Waals surface area contributed by atoms with Gasteiger partial charge in [-0.2, -0.15) is 5.26 Å². The molecule has 4 rings (SSSR count). The highest BCUT2D eigenvalue weighted by Crippen LogP contribution is 2.48. The molecule has 2 heterocycles. The highest BCUT2D eigenvalue weighted by molar-refractivity contribution is 5.85. The number of carbonyl (C=O) groups excluding carboxylic acids is 2. The molecule has 206 valence electrons. The number of rotatable bonds is 8. The van der Waals surface area contributed by atoms with Gasteiger partial charge in [0.05, 0.1) is 23.7 Å². The summed E-state index contributed by atoms with van der Waals surface area (Å²) >= 11 is 0. The summed E-state index contributed by atoms with van der Waals surface area (Å²) in [5.74, 6) is -0.233. The second-order valence-corrected chi connectivity index (χ2v) is 11.8. The lowest BCUT2D eigenvalue weighted by molar-refractivity contribution is -0.141. The van der Waals surface area contributed by atoms with Gasteiger partial charge in [0, 0.05) is 25.3 Å². The van der Waals surface area contributed by atoms with Crippen LogP contribution >= 0.6 is 0 Å². The molecule has 0 spiro atoms. The van der Waals surface area contributed by atoms with Crippen molar-refractivity contribution in [3.8, 4) is 6.07 Å². The minimum Gasteiger partial charge on any atom is -0.444 e. The standard InChI is InChI=1S/C29H40FN5O3/c1-20(34-16-6-8-23(34)18-31)24(32-27(37)38-28(2,3)4)19-33(5)25-13-17-35(26(25)36)29(14-7-15-29)21-9-11-22(30)12-10-21/h9-12,23-25H,1,6-8,13-17,19H2,2-5H3,(H,32,37)/t23?,24-,25-/m0/s1. The van der Waals surface area contributed by atoms with Gasteiger partial charge < -0.3 is 19.9 Å². The molecule has 0 aromatic heterocycles. The summed E-state index contributed by atoms with van der Waals surface area (Å²) in [6.45, 7) is 11.3. The van der Waals surface area contributed by atoms with Crippen molar-refractivity contribution >= 4 is 12.0 Å². The molecule has 1 unspecified atom stereocenters. The van der Waals surface area contributed by atoms with Crippen LogP contribution in [0.4, 0.5) is 9.18 Å². The number of likely N-dealkylation sites (tertiary alicyclic amines) is 2. The number of nitrogens with one attached hydrogen (secondary N) is 1. The van der Waals surface area contributed by atoms with Gasteiger partial charge in [0.15, 0.2) is 0 Å². The third-order valence-corrected chi connectivity index (χ3v) is 8.12. The molecule has 2 saturated heterocycles. The molecule has 0 radical (unpaired) electrons. The van der Waals surface area contributed by atoms with Crippen molar-refractivity contribution < 1.29 is 18.7 Å². The molecule has 1 N–H and O–H groups in total. The van der Waals surface area contributed by atoms with E-state index in [9.17, 15) is 19.2 Å². The number of nitrogens with zero attached hydrogens (tertiary/aromatic N) is 4. The van der Waals surface area contributed by atoms with Crippen molar-refractivity contribution in [1.29, 1.82) is 5.26 Å². The van der Waals surface area contributed by atoms with Crippen molar-refractivity contribution in [2.24, 2.45) is 0 Å². The van der Waals surface area contributed by atoms with Crippen molar-refractivity contribution in [2.75, 3.05) is 26.7 Å². The van der Waals surface area contributed by atoms with Gasteiger partial charge in [-0.1, -0.05) is 18.7 Å². The van der Waals surface area contributed by atoms with Gasteiger partial charge >= 0.3 is 6.09 Å². The van der Waals surface area contributed by atoms with E-state index in [1.807, 2.05) is 21.7 Å². The van der Waals surface area contributed by atoms with E-state index in [1.165, 1.54) is 12.1 Å². The van der Waals surface area contributed by atoms with E-state index >= 15 is 0 Å². The molecule has 1 aromatic rings. The number of hydrogen-bond donors (Lipinski definition) is 1. The Morgan fingerprint density at radius 2 is 1.95 bits per heavy atom. The van der Waals surface area contributed by atoms with Crippen molar-refractivity contribution in [1.82, 2.24) is 20.0 Å². The fourth-order valence-corrected chi connectivity index (χ4v) is 6.03. The third kappa shape index (κ3) is 5.65. The van der Waals surface area contributed by atoms with Crippen LogP contribution in [0.3, 0.4) is 0 Å². The van der Waals surface area contributed by atoms with Gasteiger partial charge in [-0.05, 0) is 84.0 Å². The smallest absolute Gasteiger partial charge is 0.408 e. The molecule has 1 aliphatic carbocycles. The topological polar surface area (TPSA) is 88.9 Å². The van der Waals surface area contributed by atoms with E-state index in [1.54, 1.807) is 32.9 Å². The molecule has 2 amide bonds. The number of halogens is 1. The summed E-state index contributed by atoms with van der Waals surface area (Å²) < 4.78 is 19.1. The highest BCUT2D eigenvalue weighted by atomic mass is 19.1. The molecular weight excluding hydrogens is 485 g/mol. The van der Waals surface area contributed by atoms with Crippen molar-refractivity contribution in [2.45, 2.75) is 88.6 Å². The van der Waals surface area contributed by atoms with E-state index in [-0.39, 0.29) is 29.3 Å². The average molecular weight is 526 g/mol. The maximum Gasteiger partial charge on any atom is 0.408 e. The first-order chi connectivity index (χ1) is 17.9. The lowest BCUT2D eigenvalue weighted by Gasteiger charge is -2.49. The van der Waals surface area contributed by atoms with Crippen LogP contribution in [0, 0.1) is 17.1 Å². The van der Waals surface area contributed by atoms with Gasteiger partial charge in [-0.25, -0.2) is 9.18 Å². The zero-order chi connectivity index (χ0) is 27.7. The Bertz CT molecular complexity index is 1090. The van der Waals surface area contributed by atoms with Crippen LogP contribution in [0.2, 0.25) is 0 Å². The maximum absolute atomic E-state index is 13.8. The van der Waals surface area contributed by atoms with Crippen molar-refractivity contribution in [3.05, 3.63) is 47.9 Å². The highest BCUT2D eigenvalue weighted by Gasteiger charge is 2.51. The predicted octanol–water partition coefficient (Wildman–Crippen LogP) is 4.13. The SMILES string of the molecule is C=C([C@H](CN(C)[C@H]1CCN(C2(c3ccc(F)cc3)CCC2)C1=O)NC(=O)OC(C)(C)C)N1CCCC1C#N.